The van der Waals surface area contributed by atoms with Gasteiger partial charge in [0.2, 0.25) is 0 Å². The fraction of sp³-hybridized carbons (Fsp3) is 0.0800. The first-order valence-corrected chi connectivity index (χ1v) is 10.6. The zero-order valence-corrected chi connectivity index (χ0v) is 18.8. The highest BCUT2D eigenvalue weighted by Gasteiger charge is 2.15. The number of nitrogens with one attached hydrogen (secondary N) is 1. The van der Waals surface area contributed by atoms with Crippen LogP contribution < -0.4 is 16.1 Å². The summed E-state index contributed by atoms with van der Waals surface area (Å²) in [4.78, 5) is 36.1. The molecule has 0 saturated heterocycles. The molecule has 0 atom stereocenters. The average molecular weight is 479 g/mol. The fourth-order valence-electron chi connectivity index (χ4n) is 3.35. The second kappa shape index (κ2) is 9.29. The molecule has 4 rings (SSSR count). The van der Waals surface area contributed by atoms with Crippen molar-refractivity contribution in [3.05, 3.63) is 97.4 Å². The van der Waals surface area contributed by atoms with E-state index in [0.717, 1.165) is 0 Å². The summed E-state index contributed by atoms with van der Waals surface area (Å²) >= 11 is 6.12. The maximum absolute atomic E-state index is 12.9. The van der Waals surface area contributed by atoms with E-state index in [0.29, 0.717) is 28.1 Å². The number of hydrogen-bond acceptors (Lipinski definition) is 5. The predicted octanol–water partition coefficient (Wildman–Crippen LogP) is 3.19. The van der Waals surface area contributed by atoms with Gasteiger partial charge in [0, 0.05) is 5.56 Å². The lowest BCUT2D eigenvalue weighted by molar-refractivity contribution is 0.0526. The number of hydrogen-bond donors (Lipinski definition) is 2. The van der Waals surface area contributed by atoms with Crippen molar-refractivity contribution in [1.82, 2.24) is 9.78 Å². The molecule has 34 heavy (non-hydrogen) atoms. The molecule has 0 bridgehead atoms. The standard InChI is InChI=1S/C25H19ClN2O6/c1-3-33-25(32)20-12-16(6-10-21(20)26)22-11-9-18(34-22)13-19-14(2)27-28(23(19)29)17-7-4-15(5-8-17)24(30)31/h4-13,27H,2-3H2,1H3,(H,30,31)/b19-13+. The first kappa shape index (κ1) is 22.9. The first-order chi connectivity index (χ1) is 16.3. The molecular formula is C25H19ClN2O6. The molecule has 2 N–H and O–H groups in total. The van der Waals surface area contributed by atoms with Crippen LogP contribution in [0, 0.1) is 0 Å². The van der Waals surface area contributed by atoms with E-state index in [1.54, 1.807) is 43.3 Å². The summed E-state index contributed by atoms with van der Waals surface area (Å²) in [6.07, 6.45) is 1.55. The zero-order chi connectivity index (χ0) is 24.4. The Morgan fingerprint density at radius 2 is 1.91 bits per heavy atom. The minimum absolute atomic E-state index is 0.112. The van der Waals surface area contributed by atoms with Gasteiger partial charge < -0.3 is 14.3 Å². The molecule has 2 aromatic carbocycles. The summed E-state index contributed by atoms with van der Waals surface area (Å²) in [7, 11) is 0. The quantitative estimate of drug-likeness (QED) is 0.411. The van der Waals surface area contributed by atoms with E-state index in [1.807, 2.05) is 0 Å². The molecule has 0 aliphatic rings. The van der Waals surface area contributed by atoms with Crippen molar-refractivity contribution in [2.24, 2.45) is 0 Å². The predicted molar refractivity (Wildman–Crippen MR) is 127 cm³/mol. The van der Waals surface area contributed by atoms with Crippen molar-refractivity contribution in [1.29, 1.82) is 0 Å². The maximum atomic E-state index is 12.9. The number of H-pyrrole nitrogens is 1. The number of aromatic nitrogens is 2. The lowest BCUT2D eigenvalue weighted by Gasteiger charge is -2.05. The van der Waals surface area contributed by atoms with Crippen molar-refractivity contribution >= 4 is 36.2 Å². The summed E-state index contributed by atoms with van der Waals surface area (Å²) in [6.45, 7) is 5.82. The van der Waals surface area contributed by atoms with Crippen LogP contribution in [0.5, 0.6) is 0 Å². The number of esters is 1. The molecule has 8 nitrogen and oxygen atoms in total. The van der Waals surface area contributed by atoms with Crippen LogP contribution >= 0.6 is 11.6 Å². The van der Waals surface area contributed by atoms with E-state index in [9.17, 15) is 14.4 Å². The maximum Gasteiger partial charge on any atom is 0.339 e. The lowest BCUT2D eigenvalue weighted by atomic mass is 10.1. The second-order valence-electron chi connectivity index (χ2n) is 7.26. The Bertz CT molecular complexity index is 1560. The van der Waals surface area contributed by atoms with Crippen LogP contribution in [-0.4, -0.2) is 33.4 Å². The number of ether oxygens (including phenoxy) is 1. The molecule has 0 fully saturated rings. The highest BCUT2D eigenvalue weighted by Crippen LogP contribution is 2.27. The molecule has 2 aromatic heterocycles. The Hall–Kier alpha value is -4.30. The Morgan fingerprint density at radius 3 is 2.59 bits per heavy atom. The number of rotatable bonds is 6. The SMILES string of the molecule is C=c1[nH]n(-c2ccc(C(=O)O)cc2)c(=O)/c1=C/c1ccc(-c2ccc(Cl)c(C(=O)OCC)c2)o1. The molecule has 2 heterocycles. The Labute approximate surface area is 198 Å². The topological polar surface area (TPSA) is 115 Å². The summed E-state index contributed by atoms with van der Waals surface area (Å²) in [6, 6.07) is 14.1. The van der Waals surface area contributed by atoms with E-state index in [4.69, 9.17) is 25.9 Å². The van der Waals surface area contributed by atoms with Gasteiger partial charge in [0.1, 0.15) is 11.5 Å². The molecule has 0 radical (unpaired) electrons. The lowest BCUT2D eigenvalue weighted by Crippen LogP contribution is -2.33. The van der Waals surface area contributed by atoms with Gasteiger partial charge in [-0.3, -0.25) is 9.89 Å². The number of nitrogens with zero attached hydrogens (tertiary/aromatic N) is 1. The zero-order valence-electron chi connectivity index (χ0n) is 18.0. The molecule has 172 valence electrons. The van der Waals surface area contributed by atoms with E-state index >= 15 is 0 Å². The molecule has 4 aromatic rings. The molecule has 0 amide bonds. The highest BCUT2D eigenvalue weighted by atomic mass is 35.5. The number of carbonyl (C=O) groups is 2. The van der Waals surface area contributed by atoms with Gasteiger partial charge in [-0.05, 0) is 67.6 Å². The number of aromatic carboxylic acids is 1. The second-order valence-corrected chi connectivity index (χ2v) is 7.67. The monoisotopic (exact) mass is 478 g/mol. The summed E-state index contributed by atoms with van der Waals surface area (Å²) in [5.41, 5.74) is 1.05. The fourth-order valence-corrected chi connectivity index (χ4v) is 3.55. The number of aromatic amines is 1. The van der Waals surface area contributed by atoms with Crippen molar-refractivity contribution in [3.63, 3.8) is 0 Å². The van der Waals surface area contributed by atoms with Crippen LogP contribution in [-0.2, 0) is 4.74 Å². The molecule has 0 spiro atoms. The number of carboxylic acids is 1. The van der Waals surface area contributed by atoms with Gasteiger partial charge in [0.05, 0.1) is 39.0 Å². The number of halogens is 1. The molecule has 0 unspecified atom stereocenters. The largest absolute Gasteiger partial charge is 0.478 e. The van der Waals surface area contributed by atoms with Crippen molar-refractivity contribution in [3.8, 4) is 17.0 Å². The number of carboxylic acid groups (broad SMARTS) is 1. The third-order valence-corrected chi connectivity index (χ3v) is 5.37. The van der Waals surface area contributed by atoms with Gasteiger partial charge in [-0.15, -0.1) is 0 Å². The third-order valence-electron chi connectivity index (χ3n) is 5.04. The highest BCUT2D eigenvalue weighted by molar-refractivity contribution is 6.33. The number of benzene rings is 2. The minimum atomic E-state index is -1.05. The summed E-state index contributed by atoms with van der Waals surface area (Å²) < 4.78 is 12.2. The van der Waals surface area contributed by atoms with E-state index < -0.39 is 11.9 Å². The van der Waals surface area contributed by atoms with Crippen molar-refractivity contribution in [2.75, 3.05) is 6.61 Å². The normalized spacial score (nSPS) is 11.5. The van der Waals surface area contributed by atoms with Crippen molar-refractivity contribution < 1.29 is 23.8 Å². The van der Waals surface area contributed by atoms with Crippen LogP contribution in [0.4, 0.5) is 0 Å². The molecular weight excluding hydrogens is 460 g/mol. The van der Waals surface area contributed by atoms with Crippen LogP contribution in [0.1, 0.15) is 33.4 Å². The smallest absolute Gasteiger partial charge is 0.339 e. The Kier molecular flexibility index (Phi) is 6.25. The summed E-state index contributed by atoms with van der Waals surface area (Å²) in [5.74, 6) is -0.712. The average Bonchev–Trinajstić information content (AvgIpc) is 3.40. The molecule has 9 heteroatoms. The van der Waals surface area contributed by atoms with Gasteiger partial charge >= 0.3 is 11.9 Å². The van der Waals surface area contributed by atoms with E-state index in [-0.39, 0.29) is 33.5 Å². The van der Waals surface area contributed by atoms with Crippen LogP contribution in [0.25, 0.3) is 29.7 Å². The Balaban J connectivity index is 1.69. The first-order valence-electron chi connectivity index (χ1n) is 10.2. The van der Waals surface area contributed by atoms with Crippen LogP contribution in [0.2, 0.25) is 5.02 Å². The molecule has 0 aliphatic carbocycles. The third kappa shape index (κ3) is 4.44. The number of carbonyl (C=O) groups excluding carboxylic acids is 1. The Morgan fingerprint density at radius 1 is 1.18 bits per heavy atom. The van der Waals surface area contributed by atoms with Gasteiger partial charge in [-0.1, -0.05) is 18.2 Å². The summed E-state index contributed by atoms with van der Waals surface area (Å²) in [5, 5.41) is 12.8. The van der Waals surface area contributed by atoms with Crippen molar-refractivity contribution in [2.45, 2.75) is 6.92 Å². The molecule has 0 saturated carbocycles. The van der Waals surface area contributed by atoms with E-state index in [1.165, 1.54) is 28.9 Å². The minimum Gasteiger partial charge on any atom is -0.478 e. The van der Waals surface area contributed by atoms with Gasteiger partial charge in [-0.25, -0.2) is 14.3 Å². The molecule has 0 aliphatic heterocycles. The number of furan rings is 1. The van der Waals surface area contributed by atoms with Gasteiger partial charge in [0.15, 0.2) is 0 Å². The van der Waals surface area contributed by atoms with Crippen LogP contribution in [0.3, 0.4) is 0 Å². The van der Waals surface area contributed by atoms with Gasteiger partial charge in [-0.2, -0.15) is 0 Å². The van der Waals surface area contributed by atoms with Crippen LogP contribution in [0.15, 0.2) is 63.8 Å². The van der Waals surface area contributed by atoms with Gasteiger partial charge in [0.25, 0.3) is 5.56 Å². The van der Waals surface area contributed by atoms with E-state index in [2.05, 4.69) is 11.7 Å².